The lowest BCUT2D eigenvalue weighted by atomic mass is 10.2. The Balaban J connectivity index is 1.99. The van der Waals surface area contributed by atoms with Crippen LogP contribution in [0.1, 0.15) is 37.8 Å². The molecule has 5 nitrogen and oxygen atoms in total. The van der Waals surface area contributed by atoms with Crippen LogP contribution in [-0.2, 0) is 13.6 Å². The van der Waals surface area contributed by atoms with Crippen LogP contribution in [0.5, 0.6) is 0 Å². The third-order valence-electron chi connectivity index (χ3n) is 3.28. The van der Waals surface area contributed by atoms with Crippen molar-refractivity contribution >= 4 is 16.5 Å². The van der Waals surface area contributed by atoms with Gasteiger partial charge in [0.2, 0.25) is 0 Å². The first-order valence-corrected chi connectivity index (χ1v) is 7.86. The number of aromatic nitrogens is 3. The summed E-state index contributed by atoms with van der Waals surface area (Å²) in [7, 11) is 4.07. The van der Waals surface area contributed by atoms with Crippen LogP contribution in [0, 0.1) is 0 Å². The molecule has 2 rings (SSSR count). The summed E-state index contributed by atoms with van der Waals surface area (Å²) >= 11 is 1.68. The van der Waals surface area contributed by atoms with E-state index in [1.165, 1.54) is 0 Å². The molecule has 0 saturated heterocycles. The molecule has 1 unspecified atom stereocenters. The van der Waals surface area contributed by atoms with Crippen LogP contribution in [0.2, 0.25) is 0 Å². The molecule has 110 valence electrons. The summed E-state index contributed by atoms with van der Waals surface area (Å²) in [6.45, 7) is 6.13. The summed E-state index contributed by atoms with van der Waals surface area (Å²) in [5.74, 6) is 1.04. The number of rotatable bonds is 7. The van der Waals surface area contributed by atoms with Gasteiger partial charge in [0.1, 0.15) is 5.82 Å². The van der Waals surface area contributed by atoms with Crippen molar-refractivity contribution in [1.82, 2.24) is 19.9 Å². The van der Waals surface area contributed by atoms with Gasteiger partial charge in [-0.3, -0.25) is 0 Å². The highest BCUT2D eigenvalue weighted by molar-refractivity contribution is 7.13. The van der Waals surface area contributed by atoms with Crippen LogP contribution in [0.25, 0.3) is 0 Å². The van der Waals surface area contributed by atoms with E-state index in [1.54, 1.807) is 11.3 Å². The molecule has 2 aromatic heterocycles. The number of imidazole rings is 1. The van der Waals surface area contributed by atoms with E-state index in [9.17, 15) is 0 Å². The van der Waals surface area contributed by atoms with E-state index in [0.717, 1.165) is 36.2 Å². The summed E-state index contributed by atoms with van der Waals surface area (Å²) in [6, 6.07) is 0.307. The van der Waals surface area contributed by atoms with Crippen molar-refractivity contribution in [2.24, 2.45) is 7.05 Å². The fourth-order valence-corrected chi connectivity index (χ4v) is 2.83. The molecular formula is C14H23N5S. The minimum Gasteiger partial charge on any atom is -0.344 e. The number of aryl methyl sites for hydroxylation is 1. The topological polar surface area (TPSA) is 46.0 Å². The van der Waals surface area contributed by atoms with Crippen LogP contribution in [-0.4, -0.2) is 28.1 Å². The third-order valence-corrected chi connectivity index (χ3v) is 4.25. The molecule has 0 saturated carbocycles. The standard InChI is InChI=1S/C14H23N5S/c1-5-6-15-11(2)12-10-20-14(17-12)19(4)9-13-16-7-8-18(13)3/h7-8,10-11,15H,5-6,9H2,1-4H3. The second-order valence-electron chi connectivity index (χ2n) is 5.04. The van der Waals surface area contributed by atoms with Gasteiger partial charge in [0.25, 0.3) is 0 Å². The Morgan fingerprint density at radius 2 is 2.30 bits per heavy atom. The summed E-state index contributed by atoms with van der Waals surface area (Å²) < 4.78 is 2.04. The van der Waals surface area contributed by atoms with Crippen molar-refractivity contribution in [3.63, 3.8) is 0 Å². The van der Waals surface area contributed by atoms with E-state index in [0.29, 0.717) is 6.04 Å². The number of hydrogen-bond acceptors (Lipinski definition) is 5. The second-order valence-corrected chi connectivity index (χ2v) is 5.88. The average molecular weight is 293 g/mol. The Labute approximate surface area is 124 Å². The van der Waals surface area contributed by atoms with Crippen LogP contribution in [0.4, 0.5) is 5.13 Å². The monoisotopic (exact) mass is 293 g/mol. The highest BCUT2D eigenvalue weighted by Crippen LogP contribution is 2.24. The fourth-order valence-electron chi connectivity index (χ4n) is 1.94. The summed E-state index contributed by atoms with van der Waals surface area (Å²) in [4.78, 5) is 11.2. The van der Waals surface area contributed by atoms with E-state index in [4.69, 9.17) is 4.98 Å². The van der Waals surface area contributed by atoms with Gasteiger partial charge in [-0.05, 0) is 19.9 Å². The van der Waals surface area contributed by atoms with Gasteiger partial charge in [0.05, 0.1) is 12.2 Å². The Morgan fingerprint density at radius 3 is 2.95 bits per heavy atom. The SMILES string of the molecule is CCCNC(C)c1csc(N(C)Cc2nccn2C)n1. The molecular weight excluding hydrogens is 270 g/mol. The van der Waals surface area contributed by atoms with E-state index in [2.05, 4.69) is 41.5 Å². The van der Waals surface area contributed by atoms with Crippen molar-refractivity contribution in [2.75, 3.05) is 18.5 Å². The smallest absolute Gasteiger partial charge is 0.185 e. The Morgan fingerprint density at radius 1 is 1.50 bits per heavy atom. The van der Waals surface area contributed by atoms with Crippen LogP contribution >= 0.6 is 11.3 Å². The highest BCUT2D eigenvalue weighted by atomic mass is 32.1. The lowest BCUT2D eigenvalue weighted by molar-refractivity contribution is 0.560. The van der Waals surface area contributed by atoms with Crippen molar-refractivity contribution in [1.29, 1.82) is 0 Å². The molecule has 0 aliphatic rings. The normalized spacial score (nSPS) is 12.6. The van der Waals surface area contributed by atoms with Crippen molar-refractivity contribution in [2.45, 2.75) is 32.9 Å². The van der Waals surface area contributed by atoms with Gasteiger partial charge in [-0.2, -0.15) is 0 Å². The van der Waals surface area contributed by atoms with E-state index in [1.807, 2.05) is 24.0 Å². The maximum atomic E-state index is 4.72. The van der Waals surface area contributed by atoms with Gasteiger partial charge in [-0.25, -0.2) is 9.97 Å². The molecule has 0 amide bonds. The van der Waals surface area contributed by atoms with Crippen molar-refractivity contribution in [3.05, 3.63) is 29.3 Å². The summed E-state index contributed by atoms with van der Waals surface area (Å²) in [5.41, 5.74) is 1.12. The van der Waals surface area contributed by atoms with Gasteiger partial charge in [-0.1, -0.05) is 6.92 Å². The lowest BCUT2D eigenvalue weighted by Gasteiger charge is -2.15. The number of anilines is 1. The molecule has 1 N–H and O–H groups in total. The zero-order valence-electron chi connectivity index (χ0n) is 12.6. The zero-order chi connectivity index (χ0) is 14.5. The molecule has 1 atom stereocenters. The van der Waals surface area contributed by atoms with E-state index < -0.39 is 0 Å². The van der Waals surface area contributed by atoms with Crippen molar-refractivity contribution < 1.29 is 0 Å². The first-order chi connectivity index (χ1) is 9.61. The number of nitrogens with zero attached hydrogens (tertiary/aromatic N) is 4. The van der Waals surface area contributed by atoms with Gasteiger partial charge >= 0.3 is 0 Å². The van der Waals surface area contributed by atoms with Gasteiger partial charge in [0, 0.05) is 37.9 Å². The summed E-state index contributed by atoms with van der Waals surface area (Å²) in [6.07, 6.45) is 4.93. The molecule has 0 fully saturated rings. The molecule has 0 aliphatic heterocycles. The largest absolute Gasteiger partial charge is 0.344 e. The second kappa shape index (κ2) is 6.85. The van der Waals surface area contributed by atoms with E-state index in [-0.39, 0.29) is 0 Å². The van der Waals surface area contributed by atoms with Crippen LogP contribution < -0.4 is 10.2 Å². The van der Waals surface area contributed by atoms with Crippen molar-refractivity contribution in [3.8, 4) is 0 Å². The molecule has 0 radical (unpaired) electrons. The van der Waals surface area contributed by atoms with Crippen LogP contribution in [0.15, 0.2) is 17.8 Å². The average Bonchev–Trinajstić information content (AvgIpc) is 3.06. The predicted molar refractivity (Wildman–Crippen MR) is 84.1 cm³/mol. The van der Waals surface area contributed by atoms with Gasteiger partial charge in [0.15, 0.2) is 5.13 Å². The van der Waals surface area contributed by atoms with Gasteiger partial charge < -0.3 is 14.8 Å². The minimum absolute atomic E-state index is 0.307. The maximum absolute atomic E-state index is 4.72. The predicted octanol–water partition coefficient (Wildman–Crippen LogP) is 2.57. The molecule has 0 bridgehead atoms. The third kappa shape index (κ3) is 3.58. The molecule has 2 heterocycles. The van der Waals surface area contributed by atoms with E-state index >= 15 is 0 Å². The lowest BCUT2D eigenvalue weighted by Crippen LogP contribution is -2.21. The molecule has 20 heavy (non-hydrogen) atoms. The minimum atomic E-state index is 0.307. The molecule has 0 aromatic carbocycles. The fraction of sp³-hybridized carbons (Fsp3) is 0.571. The Bertz CT molecular complexity index is 533. The zero-order valence-corrected chi connectivity index (χ0v) is 13.4. The quantitative estimate of drug-likeness (QED) is 0.852. The van der Waals surface area contributed by atoms with Gasteiger partial charge in [-0.15, -0.1) is 11.3 Å². The molecule has 2 aromatic rings. The number of thiazole rings is 1. The number of hydrogen-bond donors (Lipinski definition) is 1. The summed E-state index contributed by atoms with van der Waals surface area (Å²) in [5, 5.41) is 6.64. The first kappa shape index (κ1) is 15.0. The Kier molecular flexibility index (Phi) is 5.14. The molecule has 6 heteroatoms. The Hall–Kier alpha value is -1.40. The first-order valence-electron chi connectivity index (χ1n) is 6.98. The highest BCUT2D eigenvalue weighted by Gasteiger charge is 2.13. The maximum Gasteiger partial charge on any atom is 0.185 e. The number of nitrogens with one attached hydrogen (secondary N) is 1. The van der Waals surface area contributed by atoms with Crippen LogP contribution in [0.3, 0.4) is 0 Å². The molecule has 0 aliphatic carbocycles. The molecule has 0 spiro atoms.